The van der Waals surface area contributed by atoms with Crippen LogP contribution in [0.3, 0.4) is 0 Å². The van der Waals surface area contributed by atoms with Crippen LogP contribution in [0.15, 0.2) is 30.3 Å². The predicted molar refractivity (Wildman–Crippen MR) is 71.2 cm³/mol. The molecule has 0 bridgehead atoms. The molecule has 1 aliphatic rings. The van der Waals surface area contributed by atoms with Crippen molar-refractivity contribution >= 4 is 5.78 Å². The van der Waals surface area contributed by atoms with Crippen molar-refractivity contribution in [3.63, 3.8) is 0 Å². The summed E-state index contributed by atoms with van der Waals surface area (Å²) in [5.74, 6) is -0.0122. The van der Waals surface area contributed by atoms with Gasteiger partial charge < -0.3 is 5.11 Å². The van der Waals surface area contributed by atoms with Crippen molar-refractivity contribution in [3.05, 3.63) is 35.9 Å². The van der Waals surface area contributed by atoms with Crippen molar-refractivity contribution < 1.29 is 9.90 Å². The van der Waals surface area contributed by atoms with Gasteiger partial charge in [-0.05, 0) is 31.5 Å². The van der Waals surface area contributed by atoms with Crippen molar-refractivity contribution in [3.8, 4) is 0 Å². The van der Waals surface area contributed by atoms with Gasteiger partial charge in [0.05, 0.1) is 0 Å². The standard InChI is InChI=1S/C15H21NO2/c1-15(14(18)12-17)7-9-16(10-8-15)11-13-5-3-2-4-6-13/h2-6,17H,7-12H2,1H3. The summed E-state index contributed by atoms with van der Waals surface area (Å²) in [5, 5.41) is 8.99. The fourth-order valence-corrected chi connectivity index (χ4v) is 2.52. The molecule has 3 heteroatoms. The number of benzene rings is 1. The third kappa shape index (κ3) is 2.98. The van der Waals surface area contributed by atoms with Gasteiger partial charge >= 0.3 is 0 Å². The van der Waals surface area contributed by atoms with Gasteiger partial charge in [0.2, 0.25) is 0 Å². The third-order valence-corrected chi connectivity index (χ3v) is 4.03. The molecule has 0 saturated carbocycles. The molecule has 0 amide bonds. The Kier molecular flexibility index (Phi) is 4.15. The third-order valence-electron chi connectivity index (χ3n) is 4.03. The molecule has 0 spiro atoms. The van der Waals surface area contributed by atoms with Crippen LogP contribution in [0.5, 0.6) is 0 Å². The minimum Gasteiger partial charge on any atom is -0.389 e. The van der Waals surface area contributed by atoms with Crippen LogP contribution >= 0.6 is 0 Å². The molecule has 0 unspecified atom stereocenters. The van der Waals surface area contributed by atoms with Gasteiger partial charge in [-0.15, -0.1) is 0 Å². The number of nitrogens with zero attached hydrogens (tertiary/aromatic N) is 1. The molecular formula is C15H21NO2. The average molecular weight is 247 g/mol. The Morgan fingerprint density at radius 1 is 1.28 bits per heavy atom. The van der Waals surface area contributed by atoms with E-state index < -0.39 is 0 Å². The fraction of sp³-hybridized carbons (Fsp3) is 0.533. The molecule has 1 N–H and O–H groups in total. The van der Waals surface area contributed by atoms with Gasteiger partial charge in [-0.25, -0.2) is 0 Å². The molecule has 0 aliphatic carbocycles. The second-order valence-electron chi connectivity index (χ2n) is 5.40. The van der Waals surface area contributed by atoms with Gasteiger partial charge in [-0.2, -0.15) is 0 Å². The topological polar surface area (TPSA) is 40.5 Å². The van der Waals surface area contributed by atoms with E-state index in [0.717, 1.165) is 32.5 Å². The summed E-state index contributed by atoms with van der Waals surface area (Å²) in [6.07, 6.45) is 1.69. The first-order valence-corrected chi connectivity index (χ1v) is 6.54. The maximum absolute atomic E-state index is 11.7. The molecule has 2 rings (SSSR count). The predicted octanol–water partition coefficient (Wildman–Crippen LogP) is 1.85. The Bertz CT molecular complexity index is 394. The Morgan fingerprint density at radius 3 is 2.44 bits per heavy atom. The monoisotopic (exact) mass is 247 g/mol. The molecule has 3 nitrogen and oxygen atoms in total. The summed E-state index contributed by atoms with van der Waals surface area (Å²) >= 11 is 0. The van der Waals surface area contributed by atoms with E-state index in [2.05, 4.69) is 29.2 Å². The zero-order valence-corrected chi connectivity index (χ0v) is 10.9. The number of carbonyl (C=O) groups is 1. The Labute approximate surface area is 108 Å². The lowest BCUT2D eigenvalue weighted by Gasteiger charge is -2.38. The van der Waals surface area contributed by atoms with Crippen molar-refractivity contribution in [2.75, 3.05) is 19.7 Å². The second kappa shape index (κ2) is 5.63. The van der Waals surface area contributed by atoms with E-state index in [-0.39, 0.29) is 17.8 Å². The molecule has 18 heavy (non-hydrogen) atoms. The highest BCUT2D eigenvalue weighted by molar-refractivity contribution is 5.85. The van der Waals surface area contributed by atoms with Gasteiger partial charge in [-0.3, -0.25) is 9.69 Å². The number of Topliss-reactive ketones (excluding diaryl/α,β-unsaturated/α-hetero) is 1. The number of aliphatic hydroxyl groups excluding tert-OH is 1. The molecule has 0 aromatic heterocycles. The van der Waals surface area contributed by atoms with Gasteiger partial charge in [0.1, 0.15) is 6.61 Å². The van der Waals surface area contributed by atoms with E-state index >= 15 is 0 Å². The summed E-state index contributed by atoms with van der Waals surface area (Å²) in [4.78, 5) is 14.1. The second-order valence-corrected chi connectivity index (χ2v) is 5.40. The quantitative estimate of drug-likeness (QED) is 0.882. The lowest BCUT2D eigenvalue weighted by atomic mass is 9.77. The van der Waals surface area contributed by atoms with Crippen LogP contribution in [0, 0.1) is 5.41 Å². The molecule has 1 heterocycles. The van der Waals surface area contributed by atoms with Crippen molar-refractivity contribution in [2.24, 2.45) is 5.41 Å². The minimum atomic E-state index is -0.324. The zero-order valence-electron chi connectivity index (χ0n) is 10.9. The lowest BCUT2D eigenvalue weighted by Crippen LogP contribution is -2.43. The Balaban J connectivity index is 1.89. The van der Waals surface area contributed by atoms with Crippen LogP contribution in [0.25, 0.3) is 0 Å². The Hall–Kier alpha value is -1.19. The average Bonchev–Trinajstić information content (AvgIpc) is 2.42. The van der Waals surface area contributed by atoms with Crippen molar-refractivity contribution in [2.45, 2.75) is 26.3 Å². The number of ketones is 1. The summed E-state index contributed by atoms with van der Waals surface area (Å²) in [6, 6.07) is 10.4. The first-order chi connectivity index (χ1) is 8.64. The minimum absolute atomic E-state index is 0.0122. The summed E-state index contributed by atoms with van der Waals surface area (Å²) in [6.45, 7) is 4.46. The van der Waals surface area contributed by atoms with E-state index in [1.807, 2.05) is 13.0 Å². The number of likely N-dealkylation sites (tertiary alicyclic amines) is 1. The first kappa shape index (κ1) is 13.2. The van der Waals surface area contributed by atoms with E-state index in [9.17, 15) is 4.79 Å². The van der Waals surface area contributed by atoms with Gasteiger partial charge in [0.15, 0.2) is 5.78 Å². The van der Waals surface area contributed by atoms with Crippen LogP contribution in [0.2, 0.25) is 0 Å². The maximum atomic E-state index is 11.7. The van der Waals surface area contributed by atoms with E-state index in [0.29, 0.717) is 0 Å². The number of rotatable bonds is 4. The largest absolute Gasteiger partial charge is 0.389 e. The van der Waals surface area contributed by atoms with Crippen LogP contribution in [0.4, 0.5) is 0 Å². The molecule has 1 aromatic rings. The van der Waals surface area contributed by atoms with E-state index in [1.165, 1.54) is 5.56 Å². The highest BCUT2D eigenvalue weighted by Gasteiger charge is 2.35. The number of aliphatic hydroxyl groups is 1. The highest BCUT2D eigenvalue weighted by Crippen LogP contribution is 2.32. The van der Waals surface area contributed by atoms with Crippen molar-refractivity contribution in [1.82, 2.24) is 4.90 Å². The molecule has 1 saturated heterocycles. The van der Waals surface area contributed by atoms with Gasteiger partial charge in [0.25, 0.3) is 0 Å². The fourth-order valence-electron chi connectivity index (χ4n) is 2.52. The number of hydrogen-bond donors (Lipinski definition) is 1. The first-order valence-electron chi connectivity index (χ1n) is 6.54. The summed E-state index contributed by atoms with van der Waals surface area (Å²) in [5.41, 5.74) is 0.997. The van der Waals surface area contributed by atoms with Crippen LogP contribution in [-0.2, 0) is 11.3 Å². The smallest absolute Gasteiger partial charge is 0.164 e. The number of piperidine rings is 1. The summed E-state index contributed by atoms with van der Waals surface area (Å²) in [7, 11) is 0. The number of carbonyl (C=O) groups excluding carboxylic acids is 1. The van der Waals surface area contributed by atoms with Crippen molar-refractivity contribution in [1.29, 1.82) is 0 Å². The van der Waals surface area contributed by atoms with Crippen LogP contribution < -0.4 is 0 Å². The normalized spacial score (nSPS) is 19.7. The maximum Gasteiger partial charge on any atom is 0.164 e. The molecule has 0 radical (unpaired) electrons. The Morgan fingerprint density at radius 2 is 1.89 bits per heavy atom. The molecular weight excluding hydrogens is 226 g/mol. The number of hydrogen-bond acceptors (Lipinski definition) is 3. The molecule has 0 atom stereocenters. The van der Waals surface area contributed by atoms with Crippen LogP contribution in [0.1, 0.15) is 25.3 Å². The molecule has 1 aromatic carbocycles. The summed E-state index contributed by atoms with van der Waals surface area (Å²) < 4.78 is 0. The molecule has 1 fully saturated rings. The van der Waals surface area contributed by atoms with E-state index in [1.54, 1.807) is 0 Å². The lowest BCUT2D eigenvalue weighted by molar-refractivity contribution is -0.133. The SMILES string of the molecule is CC1(C(=O)CO)CCN(Cc2ccccc2)CC1. The zero-order chi connectivity index (χ0) is 13.0. The molecule has 98 valence electrons. The molecule has 1 aliphatic heterocycles. The highest BCUT2D eigenvalue weighted by atomic mass is 16.3. The van der Waals surface area contributed by atoms with Gasteiger partial charge in [-0.1, -0.05) is 37.3 Å². The van der Waals surface area contributed by atoms with Crippen LogP contribution in [-0.4, -0.2) is 35.5 Å². The van der Waals surface area contributed by atoms with E-state index in [4.69, 9.17) is 5.11 Å². The van der Waals surface area contributed by atoms with Gasteiger partial charge in [0, 0.05) is 12.0 Å².